The zero-order valence-electron chi connectivity index (χ0n) is 6.59. The number of halogens is 1. The number of thioether (sulfide) groups is 1. The fourth-order valence-electron chi connectivity index (χ4n) is 1.39. The number of hydrogen-bond acceptors (Lipinski definition) is 2. The molecule has 0 amide bonds. The van der Waals surface area contributed by atoms with E-state index >= 15 is 0 Å². The minimum atomic E-state index is -0.171. The zero-order chi connectivity index (χ0) is 8.55. The van der Waals surface area contributed by atoms with Gasteiger partial charge < -0.3 is 5.73 Å². The molecule has 0 unspecified atom stereocenters. The van der Waals surface area contributed by atoms with Crippen LogP contribution in [0.4, 0.5) is 4.39 Å². The molecule has 2 N–H and O–H groups in total. The third-order valence-corrected chi connectivity index (χ3v) is 3.17. The minimum absolute atomic E-state index is 0.0989. The summed E-state index contributed by atoms with van der Waals surface area (Å²) in [6.07, 6.45) is 0.989. The van der Waals surface area contributed by atoms with Gasteiger partial charge in [-0.25, -0.2) is 4.39 Å². The first-order valence-corrected chi connectivity index (χ1v) is 4.94. The third-order valence-electron chi connectivity index (χ3n) is 2.06. The van der Waals surface area contributed by atoms with Gasteiger partial charge in [0.2, 0.25) is 0 Å². The summed E-state index contributed by atoms with van der Waals surface area (Å²) >= 11 is 1.69. The molecule has 1 atom stereocenters. The lowest BCUT2D eigenvalue weighted by molar-refractivity contribution is 0.614. The van der Waals surface area contributed by atoms with Gasteiger partial charge in [-0.1, -0.05) is 6.07 Å². The standard InChI is InChI=1S/C9H10FNS/c10-6-1-2-7-8(11)3-4-12-9(7)5-6/h1-2,5,8H,3-4,11H2/t8-/m0/s1. The number of nitrogens with two attached hydrogens (primary N) is 1. The Hall–Kier alpha value is -0.540. The number of hydrogen-bond donors (Lipinski definition) is 1. The van der Waals surface area contributed by atoms with Crippen LogP contribution in [-0.2, 0) is 0 Å². The van der Waals surface area contributed by atoms with Crippen molar-refractivity contribution in [2.75, 3.05) is 5.75 Å². The number of fused-ring (bicyclic) bond motifs is 1. The molecule has 0 saturated heterocycles. The number of benzene rings is 1. The molecule has 64 valence electrons. The molecule has 0 bridgehead atoms. The highest BCUT2D eigenvalue weighted by atomic mass is 32.2. The van der Waals surface area contributed by atoms with Gasteiger partial charge in [-0.15, -0.1) is 11.8 Å². The maximum atomic E-state index is 12.8. The Labute approximate surface area is 75.1 Å². The number of rotatable bonds is 0. The Bertz CT molecular complexity index is 301. The Kier molecular flexibility index (Phi) is 2.07. The van der Waals surface area contributed by atoms with E-state index in [2.05, 4.69) is 0 Å². The van der Waals surface area contributed by atoms with Crippen LogP contribution in [-0.4, -0.2) is 5.75 Å². The summed E-state index contributed by atoms with van der Waals surface area (Å²) in [4.78, 5) is 1.01. The average molecular weight is 183 g/mol. The SMILES string of the molecule is N[C@H]1CCSc2cc(F)ccc21. The fourth-order valence-corrected chi connectivity index (χ4v) is 2.56. The Morgan fingerprint density at radius 2 is 2.33 bits per heavy atom. The van der Waals surface area contributed by atoms with Crippen LogP contribution in [0.5, 0.6) is 0 Å². The molecule has 12 heavy (non-hydrogen) atoms. The summed E-state index contributed by atoms with van der Waals surface area (Å²) in [6, 6.07) is 4.94. The third kappa shape index (κ3) is 1.34. The second kappa shape index (κ2) is 3.07. The monoisotopic (exact) mass is 183 g/mol. The molecule has 0 radical (unpaired) electrons. The van der Waals surface area contributed by atoms with E-state index in [-0.39, 0.29) is 11.9 Å². The van der Waals surface area contributed by atoms with Crippen LogP contribution < -0.4 is 5.73 Å². The summed E-state index contributed by atoms with van der Waals surface area (Å²) in [6.45, 7) is 0. The molecule has 0 spiro atoms. The molecule has 0 saturated carbocycles. The second-order valence-corrected chi connectivity index (χ2v) is 4.06. The molecule has 0 fully saturated rings. The lowest BCUT2D eigenvalue weighted by Gasteiger charge is -2.21. The van der Waals surface area contributed by atoms with Crippen molar-refractivity contribution in [3.8, 4) is 0 Å². The predicted molar refractivity (Wildman–Crippen MR) is 48.7 cm³/mol. The quantitative estimate of drug-likeness (QED) is 0.668. The van der Waals surface area contributed by atoms with Crippen molar-refractivity contribution in [3.05, 3.63) is 29.6 Å². The largest absolute Gasteiger partial charge is 0.324 e. The summed E-state index contributed by atoms with van der Waals surface area (Å²) in [5.41, 5.74) is 6.95. The van der Waals surface area contributed by atoms with Gasteiger partial charge >= 0.3 is 0 Å². The van der Waals surface area contributed by atoms with E-state index < -0.39 is 0 Å². The van der Waals surface area contributed by atoms with E-state index in [1.54, 1.807) is 23.9 Å². The summed E-state index contributed by atoms with van der Waals surface area (Å²) in [5, 5.41) is 0. The van der Waals surface area contributed by atoms with E-state index in [4.69, 9.17) is 5.73 Å². The van der Waals surface area contributed by atoms with E-state index in [1.165, 1.54) is 6.07 Å². The summed E-state index contributed by atoms with van der Waals surface area (Å²) < 4.78 is 12.8. The molecular formula is C9H10FNS. The fraction of sp³-hybridized carbons (Fsp3) is 0.333. The molecule has 1 heterocycles. The lowest BCUT2D eigenvalue weighted by Crippen LogP contribution is -2.15. The molecule has 1 aromatic rings. The lowest BCUT2D eigenvalue weighted by atomic mass is 10.1. The first-order chi connectivity index (χ1) is 5.77. The zero-order valence-corrected chi connectivity index (χ0v) is 7.40. The Balaban J connectivity index is 2.46. The van der Waals surface area contributed by atoms with Crippen molar-refractivity contribution < 1.29 is 4.39 Å². The highest BCUT2D eigenvalue weighted by Gasteiger charge is 2.16. The predicted octanol–water partition coefficient (Wildman–Crippen LogP) is 2.32. The normalized spacial score (nSPS) is 22.0. The van der Waals surface area contributed by atoms with E-state index in [0.29, 0.717) is 0 Å². The molecule has 2 rings (SSSR count). The van der Waals surface area contributed by atoms with E-state index in [0.717, 1.165) is 22.6 Å². The maximum Gasteiger partial charge on any atom is 0.124 e. The van der Waals surface area contributed by atoms with Crippen molar-refractivity contribution in [2.24, 2.45) is 5.73 Å². The minimum Gasteiger partial charge on any atom is -0.324 e. The van der Waals surface area contributed by atoms with Gasteiger partial charge in [0.25, 0.3) is 0 Å². The highest BCUT2D eigenvalue weighted by Crippen LogP contribution is 2.34. The summed E-state index contributed by atoms with van der Waals surface area (Å²) in [5.74, 6) is 0.827. The Morgan fingerprint density at radius 3 is 3.17 bits per heavy atom. The van der Waals surface area contributed by atoms with Gasteiger partial charge in [0, 0.05) is 10.9 Å². The smallest absolute Gasteiger partial charge is 0.124 e. The maximum absolute atomic E-state index is 12.8. The van der Waals surface area contributed by atoms with Crippen LogP contribution >= 0.6 is 11.8 Å². The van der Waals surface area contributed by atoms with Crippen molar-refractivity contribution in [1.29, 1.82) is 0 Å². The van der Waals surface area contributed by atoms with Crippen LogP contribution in [0, 0.1) is 5.82 Å². The van der Waals surface area contributed by atoms with Crippen molar-refractivity contribution in [2.45, 2.75) is 17.4 Å². The van der Waals surface area contributed by atoms with Gasteiger partial charge in [0.15, 0.2) is 0 Å². The molecule has 1 aliphatic rings. The topological polar surface area (TPSA) is 26.0 Å². The first kappa shape index (κ1) is 8.08. The highest BCUT2D eigenvalue weighted by molar-refractivity contribution is 7.99. The van der Waals surface area contributed by atoms with Crippen LogP contribution in [0.15, 0.2) is 23.1 Å². The van der Waals surface area contributed by atoms with E-state index in [9.17, 15) is 4.39 Å². The molecule has 0 aromatic heterocycles. The van der Waals surface area contributed by atoms with Crippen LogP contribution in [0.1, 0.15) is 18.0 Å². The summed E-state index contributed by atoms with van der Waals surface area (Å²) in [7, 11) is 0. The molecule has 1 aromatic carbocycles. The van der Waals surface area contributed by atoms with Crippen molar-refractivity contribution >= 4 is 11.8 Å². The van der Waals surface area contributed by atoms with Gasteiger partial charge in [0.1, 0.15) is 5.82 Å². The van der Waals surface area contributed by atoms with Crippen molar-refractivity contribution in [3.63, 3.8) is 0 Å². The van der Waals surface area contributed by atoms with Crippen molar-refractivity contribution in [1.82, 2.24) is 0 Å². The van der Waals surface area contributed by atoms with Gasteiger partial charge in [-0.2, -0.15) is 0 Å². The molecule has 0 aliphatic carbocycles. The van der Waals surface area contributed by atoms with Gasteiger partial charge in [0.05, 0.1) is 0 Å². The molecule has 3 heteroatoms. The molecule has 1 aliphatic heterocycles. The van der Waals surface area contributed by atoms with E-state index in [1.807, 2.05) is 0 Å². The van der Waals surface area contributed by atoms with Gasteiger partial charge in [-0.3, -0.25) is 0 Å². The molecular weight excluding hydrogens is 173 g/mol. The van der Waals surface area contributed by atoms with Gasteiger partial charge in [-0.05, 0) is 29.9 Å². The average Bonchev–Trinajstić information content (AvgIpc) is 2.04. The molecule has 1 nitrogen and oxygen atoms in total. The second-order valence-electron chi connectivity index (χ2n) is 2.93. The van der Waals surface area contributed by atoms with Crippen LogP contribution in [0.2, 0.25) is 0 Å². The Morgan fingerprint density at radius 1 is 1.50 bits per heavy atom. The van der Waals surface area contributed by atoms with Crippen LogP contribution in [0.25, 0.3) is 0 Å². The first-order valence-electron chi connectivity index (χ1n) is 3.95. The van der Waals surface area contributed by atoms with Crippen LogP contribution in [0.3, 0.4) is 0 Å².